The largest absolute Gasteiger partial charge is 0.214 e. The van der Waals surface area contributed by atoms with Crippen molar-refractivity contribution < 1.29 is 0 Å². The van der Waals surface area contributed by atoms with Crippen LogP contribution >= 0.6 is 11.8 Å². The summed E-state index contributed by atoms with van der Waals surface area (Å²) in [5.41, 5.74) is 1.01. The van der Waals surface area contributed by atoms with Crippen molar-refractivity contribution in [2.75, 3.05) is 5.75 Å². The molecule has 0 atom stereocenters. The molecule has 0 amide bonds. The molecule has 1 heterocycles. The first-order valence-corrected chi connectivity index (χ1v) is 7.72. The van der Waals surface area contributed by atoms with Crippen molar-refractivity contribution in [3.8, 4) is 5.69 Å². The highest BCUT2D eigenvalue weighted by molar-refractivity contribution is 7.99. The van der Waals surface area contributed by atoms with Crippen LogP contribution in [0.5, 0.6) is 0 Å². The van der Waals surface area contributed by atoms with E-state index in [4.69, 9.17) is 0 Å². The van der Waals surface area contributed by atoms with E-state index in [0.29, 0.717) is 0 Å². The van der Waals surface area contributed by atoms with Gasteiger partial charge in [-0.3, -0.25) is 0 Å². The van der Waals surface area contributed by atoms with Crippen LogP contribution in [0.3, 0.4) is 0 Å². The molecule has 2 rings (SSSR count). The van der Waals surface area contributed by atoms with Crippen molar-refractivity contribution in [2.24, 2.45) is 5.92 Å². The van der Waals surface area contributed by atoms with Crippen LogP contribution < -0.4 is 0 Å². The van der Waals surface area contributed by atoms with E-state index in [1.165, 1.54) is 19.3 Å². The minimum Gasteiger partial charge on any atom is -0.188 e. The number of hydrogen-bond acceptors (Lipinski definition) is 4. The second-order valence-electron chi connectivity index (χ2n) is 4.95. The van der Waals surface area contributed by atoms with Gasteiger partial charge in [-0.15, -0.1) is 5.10 Å². The van der Waals surface area contributed by atoms with E-state index >= 15 is 0 Å². The lowest BCUT2D eigenvalue weighted by Gasteiger charge is -2.05. The summed E-state index contributed by atoms with van der Waals surface area (Å²) in [6.45, 7) is 4.53. The Hall–Kier alpha value is -1.36. The summed E-state index contributed by atoms with van der Waals surface area (Å²) < 4.78 is 1.80. The standard InChI is InChI=1S/C14H20N4S/c1-12(2)8-6-7-11-19-14-15-16-17-18(14)13-9-4-3-5-10-13/h3-5,9-10,12H,6-8,11H2,1-2H3. The molecule has 102 valence electrons. The molecule has 0 saturated carbocycles. The third-order valence-corrected chi connectivity index (χ3v) is 3.85. The number of benzene rings is 1. The number of thioether (sulfide) groups is 1. The second kappa shape index (κ2) is 7.28. The molecule has 5 heteroatoms. The Morgan fingerprint density at radius 3 is 2.68 bits per heavy atom. The molecular weight excluding hydrogens is 256 g/mol. The minimum atomic E-state index is 0.791. The van der Waals surface area contributed by atoms with Gasteiger partial charge in [0.15, 0.2) is 0 Å². The average molecular weight is 276 g/mol. The lowest BCUT2D eigenvalue weighted by Crippen LogP contribution is -1.99. The molecule has 0 spiro atoms. The van der Waals surface area contributed by atoms with E-state index in [0.717, 1.165) is 22.5 Å². The number of tetrazole rings is 1. The van der Waals surface area contributed by atoms with Gasteiger partial charge in [0.1, 0.15) is 0 Å². The molecule has 0 aliphatic carbocycles. The van der Waals surface area contributed by atoms with E-state index in [9.17, 15) is 0 Å². The van der Waals surface area contributed by atoms with Gasteiger partial charge in [0, 0.05) is 5.75 Å². The highest BCUT2D eigenvalue weighted by Gasteiger charge is 2.08. The number of unbranched alkanes of at least 4 members (excludes halogenated alkanes) is 1. The van der Waals surface area contributed by atoms with Crippen LogP contribution in [0.2, 0.25) is 0 Å². The maximum Gasteiger partial charge on any atom is 0.214 e. The quantitative estimate of drug-likeness (QED) is 0.572. The Morgan fingerprint density at radius 1 is 1.16 bits per heavy atom. The zero-order valence-electron chi connectivity index (χ0n) is 11.5. The first-order valence-electron chi connectivity index (χ1n) is 6.74. The molecule has 0 bridgehead atoms. The number of hydrogen-bond donors (Lipinski definition) is 0. The third-order valence-electron chi connectivity index (χ3n) is 2.85. The molecule has 1 aromatic carbocycles. The molecule has 0 aliphatic rings. The van der Waals surface area contributed by atoms with Gasteiger partial charge in [0.2, 0.25) is 5.16 Å². The fourth-order valence-electron chi connectivity index (χ4n) is 1.82. The molecule has 0 fully saturated rings. The van der Waals surface area contributed by atoms with Crippen LogP contribution in [0.25, 0.3) is 5.69 Å². The van der Waals surface area contributed by atoms with E-state index in [2.05, 4.69) is 29.4 Å². The Kier molecular flexibility index (Phi) is 5.39. The van der Waals surface area contributed by atoms with Crippen LogP contribution in [-0.2, 0) is 0 Å². The summed E-state index contributed by atoms with van der Waals surface area (Å²) >= 11 is 1.73. The summed E-state index contributed by atoms with van der Waals surface area (Å²) in [6.07, 6.45) is 3.78. The second-order valence-corrected chi connectivity index (χ2v) is 6.01. The van der Waals surface area contributed by atoms with Gasteiger partial charge in [-0.2, -0.15) is 4.68 Å². The van der Waals surface area contributed by atoms with Crippen molar-refractivity contribution >= 4 is 11.8 Å². The molecule has 1 aromatic heterocycles. The van der Waals surface area contributed by atoms with Crippen LogP contribution in [0.15, 0.2) is 35.5 Å². The number of nitrogens with zero attached hydrogens (tertiary/aromatic N) is 4. The minimum absolute atomic E-state index is 0.791. The summed E-state index contributed by atoms with van der Waals surface area (Å²) in [5, 5.41) is 12.8. The zero-order chi connectivity index (χ0) is 13.5. The number of para-hydroxylation sites is 1. The Morgan fingerprint density at radius 2 is 1.95 bits per heavy atom. The lowest BCUT2D eigenvalue weighted by molar-refractivity contribution is 0.551. The van der Waals surface area contributed by atoms with Gasteiger partial charge in [-0.05, 0) is 34.9 Å². The smallest absolute Gasteiger partial charge is 0.188 e. The maximum atomic E-state index is 4.09. The molecule has 0 aliphatic heterocycles. The van der Waals surface area contributed by atoms with Gasteiger partial charge >= 0.3 is 0 Å². The summed E-state index contributed by atoms with van der Waals surface area (Å²) in [7, 11) is 0. The molecule has 0 N–H and O–H groups in total. The van der Waals surface area contributed by atoms with E-state index in [1.54, 1.807) is 16.4 Å². The van der Waals surface area contributed by atoms with E-state index in [-0.39, 0.29) is 0 Å². The molecule has 19 heavy (non-hydrogen) atoms. The summed E-state index contributed by atoms with van der Waals surface area (Å²) in [4.78, 5) is 0. The van der Waals surface area contributed by atoms with Crippen molar-refractivity contribution in [1.29, 1.82) is 0 Å². The van der Waals surface area contributed by atoms with Gasteiger partial charge in [-0.1, -0.05) is 56.7 Å². The number of rotatable bonds is 7. The topological polar surface area (TPSA) is 43.6 Å². The van der Waals surface area contributed by atoms with Crippen LogP contribution in [-0.4, -0.2) is 26.0 Å². The SMILES string of the molecule is CC(C)CCCCSc1nnnn1-c1ccccc1. The van der Waals surface area contributed by atoms with Crippen molar-refractivity contribution in [3.63, 3.8) is 0 Å². The fourth-order valence-corrected chi connectivity index (χ4v) is 2.71. The van der Waals surface area contributed by atoms with E-state index in [1.807, 2.05) is 30.3 Å². The normalized spacial score (nSPS) is 11.1. The maximum absolute atomic E-state index is 4.09. The Labute approximate surface area is 118 Å². The van der Waals surface area contributed by atoms with Crippen LogP contribution in [0.4, 0.5) is 0 Å². The molecule has 4 nitrogen and oxygen atoms in total. The van der Waals surface area contributed by atoms with Crippen molar-refractivity contribution in [1.82, 2.24) is 20.2 Å². The molecule has 0 unspecified atom stereocenters. The highest BCUT2D eigenvalue weighted by Crippen LogP contribution is 2.20. The highest BCUT2D eigenvalue weighted by atomic mass is 32.2. The molecule has 0 radical (unpaired) electrons. The van der Waals surface area contributed by atoms with Gasteiger partial charge in [0.25, 0.3) is 0 Å². The molecule has 0 saturated heterocycles. The zero-order valence-corrected chi connectivity index (χ0v) is 12.3. The van der Waals surface area contributed by atoms with Crippen LogP contribution in [0, 0.1) is 5.92 Å². The average Bonchev–Trinajstić information content (AvgIpc) is 2.87. The van der Waals surface area contributed by atoms with E-state index < -0.39 is 0 Å². The monoisotopic (exact) mass is 276 g/mol. The third kappa shape index (κ3) is 4.35. The summed E-state index contributed by atoms with van der Waals surface area (Å²) in [6, 6.07) is 10.0. The lowest BCUT2D eigenvalue weighted by atomic mass is 10.1. The van der Waals surface area contributed by atoms with Crippen molar-refractivity contribution in [3.05, 3.63) is 30.3 Å². The van der Waals surface area contributed by atoms with Crippen LogP contribution in [0.1, 0.15) is 33.1 Å². The first kappa shape index (κ1) is 14.1. The predicted octanol–water partition coefficient (Wildman–Crippen LogP) is 3.58. The fraction of sp³-hybridized carbons (Fsp3) is 0.500. The van der Waals surface area contributed by atoms with Gasteiger partial charge in [-0.25, -0.2) is 0 Å². The van der Waals surface area contributed by atoms with Gasteiger partial charge < -0.3 is 0 Å². The predicted molar refractivity (Wildman–Crippen MR) is 78.6 cm³/mol. The molecule has 2 aromatic rings. The Bertz CT molecular complexity index is 481. The van der Waals surface area contributed by atoms with Gasteiger partial charge in [0.05, 0.1) is 5.69 Å². The first-order chi connectivity index (χ1) is 9.27. The molecular formula is C14H20N4S. The summed E-state index contributed by atoms with van der Waals surface area (Å²) in [5.74, 6) is 1.86. The Balaban J connectivity index is 1.87. The number of aromatic nitrogens is 4. The van der Waals surface area contributed by atoms with Crippen molar-refractivity contribution in [2.45, 2.75) is 38.3 Å².